The smallest absolute Gasteiger partial charge is 0.378 e. The first-order valence-corrected chi connectivity index (χ1v) is 8.49. The van der Waals surface area contributed by atoms with Gasteiger partial charge in [0.25, 0.3) is 5.91 Å². The van der Waals surface area contributed by atoms with Crippen molar-refractivity contribution in [1.82, 2.24) is 30.7 Å². The van der Waals surface area contributed by atoms with Crippen LogP contribution in [0.25, 0.3) is 5.82 Å². The number of nitrogen functional groups attached to an aromatic ring is 1. The van der Waals surface area contributed by atoms with E-state index in [4.69, 9.17) is 5.73 Å². The van der Waals surface area contributed by atoms with Crippen molar-refractivity contribution in [3.63, 3.8) is 0 Å². The molecule has 3 aromatic rings. The molecule has 0 aliphatic rings. The van der Waals surface area contributed by atoms with E-state index in [0.29, 0.717) is 17.8 Å². The Labute approximate surface area is 167 Å². The van der Waals surface area contributed by atoms with Crippen molar-refractivity contribution < 1.29 is 27.5 Å². The Balaban J connectivity index is 1.77. The third kappa shape index (κ3) is 4.60. The van der Waals surface area contributed by atoms with E-state index < -0.39 is 17.6 Å². The van der Waals surface area contributed by atoms with Gasteiger partial charge in [0.15, 0.2) is 5.69 Å². The molecule has 0 radical (unpaired) electrons. The zero-order valence-corrected chi connectivity index (χ0v) is 15.8. The minimum atomic E-state index is -4.43. The summed E-state index contributed by atoms with van der Waals surface area (Å²) in [6.07, 6.45) is -3.22. The predicted molar refractivity (Wildman–Crippen MR) is 96.6 cm³/mol. The van der Waals surface area contributed by atoms with Crippen molar-refractivity contribution >= 4 is 17.9 Å². The van der Waals surface area contributed by atoms with Gasteiger partial charge in [0, 0.05) is 0 Å². The molecule has 30 heavy (non-hydrogen) atoms. The first-order chi connectivity index (χ1) is 14.2. The molecule has 11 nitrogen and oxygen atoms in total. The zero-order valence-electron chi connectivity index (χ0n) is 15.8. The number of benzene rings is 1. The highest BCUT2D eigenvalue weighted by molar-refractivity contribution is 5.94. The maximum atomic E-state index is 12.6. The number of carbonyl (C=O) groups is 1. The highest BCUT2D eigenvalue weighted by Crippen LogP contribution is 2.28. The third-order valence-corrected chi connectivity index (χ3v) is 3.81. The van der Waals surface area contributed by atoms with Crippen LogP contribution in [0, 0.1) is 0 Å². The number of aromatic nitrogens is 5. The van der Waals surface area contributed by atoms with Gasteiger partial charge in [-0.05, 0) is 28.0 Å². The molecule has 1 amide bonds. The molecule has 0 bridgehead atoms. The fraction of sp³-hybridized carbons (Fsp3) is 0.250. The Morgan fingerprint density at radius 1 is 1.30 bits per heavy atom. The highest BCUT2D eigenvalue weighted by atomic mass is 19.4. The summed E-state index contributed by atoms with van der Waals surface area (Å²) in [4.78, 5) is 13.5. The molecule has 158 valence electrons. The number of nitrogens with one attached hydrogen (secondary N) is 2. The SMILES string of the molecule is C[NH+](C)Cc1c(C(=O)N/N=C\c2ccc(C(F)(F)F)cc2)nnn1-c1nonc1N. The molecular weight excluding hydrogens is 407 g/mol. The van der Waals surface area contributed by atoms with Crippen LogP contribution >= 0.6 is 0 Å². The average Bonchev–Trinajstić information content (AvgIpc) is 3.26. The van der Waals surface area contributed by atoms with Crippen LogP contribution in [0.1, 0.15) is 27.3 Å². The number of hydrazone groups is 1. The monoisotopic (exact) mass is 424 g/mol. The van der Waals surface area contributed by atoms with Gasteiger partial charge in [-0.25, -0.2) is 10.1 Å². The van der Waals surface area contributed by atoms with Crippen LogP contribution < -0.4 is 16.1 Å². The molecule has 4 N–H and O–H groups in total. The number of hydrogen-bond donors (Lipinski definition) is 3. The molecular formula is C16H17F3N9O2+. The Morgan fingerprint density at radius 3 is 2.57 bits per heavy atom. The van der Waals surface area contributed by atoms with Gasteiger partial charge < -0.3 is 10.6 Å². The lowest BCUT2D eigenvalue weighted by Gasteiger charge is -2.09. The highest BCUT2D eigenvalue weighted by Gasteiger charge is 2.30. The molecule has 14 heteroatoms. The van der Waals surface area contributed by atoms with Crippen LogP contribution in [0.5, 0.6) is 0 Å². The molecule has 2 aromatic heterocycles. The maximum Gasteiger partial charge on any atom is 0.416 e. The molecule has 0 aliphatic carbocycles. The summed E-state index contributed by atoms with van der Waals surface area (Å²) in [6, 6.07) is 4.30. The summed E-state index contributed by atoms with van der Waals surface area (Å²) < 4.78 is 43.6. The standard InChI is InChI=1S/C16H16F3N9O2/c1-27(2)8-11-12(22-26-28(11)14-13(20)24-30-25-14)15(29)23-21-7-9-3-5-10(6-4-9)16(17,18)19/h3-7H,8H2,1-2H3,(H2,20,24)(H,23,29)/p+1/b21-7-. The lowest BCUT2D eigenvalue weighted by Crippen LogP contribution is -3.04. The molecule has 0 aliphatic heterocycles. The van der Waals surface area contributed by atoms with Crippen molar-refractivity contribution in [2.45, 2.75) is 12.7 Å². The fourth-order valence-electron chi connectivity index (χ4n) is 2.46. The van der Waals surface area contributed by atoms with Gasteiger partial charge >= 0.3 is 6.18 Å². The molecule has 0 unspecified atom stereocenters. The lowest BCUT2D eigenvalue weighted by atomic mass is 10.1. The number of anilines is 1. The third-order valence-electron chi connectivity index (χ3n) is 3.81. The van der Waals surface area contributed by atoms with Crippen LogP contribution in [0.15, 0.2) is 34.0 Å². The first-order valence-electron chi connectivity index (χ1n) is 8.49. The number of hydrogen-bond acceptors (Lipinski definition) is 8. The van der Waals surface area contributed by atoms with Gasteiger partial charge in [-0.2, -0.15) is 23.0 Å². The van der Waals surface area contributed by atoms with Crippen LogP contribution in [-0.2, 0) is 12.7 Å². The minimum Gasteiger partial charge on any atom is -0.378 e. The Bertz CT molecular complexity index is 1050. The predicted octanol–water partition coefficient (Wildman–Crippen LogP) is -0.340. The van der Waals surface area contributed by atoms with Crippen LogP contribution in [-0.4, -0.2) is 51.5 Å². The molecule has 2 heterocycles. The van der Waals surface area contributed by atoms with Crippen molar-refractivity contribution in [2.75, 3.05) is 19.8 Å². The average molecular weight is 424 g/mol. The first kappa shape index (κ1) is 20.9. The van der Waals surface area contributed by atoms with E-state index in [9.17, 15) is 18.0 Å². The summed E-state index contributed by atoms with van der Waals surface area (Å²) in [7, 11) is 3.71. The summed E-state index contributed by atoms with van der Waals surface area (Å²) in [5.74, 6) is -0.607. The van der Waals surface area contributed by atoms with E-state index in [1.165, 1.54) is 23.0 Å². The quantitative estimate of drug-likeness (QED) is 0.363. The number of carbonyl (C=O) groups excluding carboxylic acids is 1. The topological polar surface area (TPSA) is 142 Å². The summed E-state index contributed by atoms with van der Waals surface area (Å²) in [5, 5.41) is 18.6. The number of alkyl halides is 3. The van der Waals surface area contributed by atoms with E-state index in [2.05, 4.69) is 35.8 Å². The van der Waals surface area contributed by atoms with Gasteiger partial charge in [-0.1, -0.05) is 17.3 Å². The molecule has 0 atom stereocenters. The van der Waals surface area contributed by atoms with Crippen LogP contribution in [0.2, 0.25) is 0 Å². The number of amides is 1. The van der Waals surface area contributed by atoms with Gasteiger partial charge in [0.05, 0.1) is 25.9 Å². The number of rotatable bonds is 6. The van der Waals surface area contributed by atoms with E-state index in [1.54, 1.807) is 0 Å². The second kappa shape index (κ2) is 8.28. The Kier molecular flexibility index (Phi) is 5.77. The van der Waals surface area contributed by atoms with Gasteiger partial charge in [-0.15, -0.1) is 5.10 Å². The fourth-order valence-corrected chi connectivity index (χ4v) is 2.46. The second-order valence-electron chi connectivity index (χ2n) is 6.47. The Hall–Kier alpha value is -3.81. The van der Waals surface area contributed by atoms with Crippen molar-refractivity contribution in [1.29, 1.82) is 0 Å². The molecule has 0 saturated heterocycles. The molecule has 0 fully saturated rings. The molecule has 0 spiro atoms. The van der Waals surface area contributed by atoms with E-state index in [1.807, 2.05) is 14.1 Å². The second-order valence-corrected chi connectivity index (χ2v) is 6.47. The summed E-state index contributed by atoms with van der Waals surface area (Å²) in [6.45, 7) is 0.338. The van der Waals surface area contributed by atoms with Gasteiger partial charge in [0.2, 0.25) is 11.6 Å². The number of quaternary nitrogens is 1. The molecule has 0 saturated carbocycles. The van der Waals surface area contributed by atoms with E-state index in [-0.39, 0.29) is 17.3 Å². The van der Waals surface area contributed by atoms with Gasteiger partial charge in [0.1, 0.15) is 12.2 Å². The maximum absolute atomic E-state index is 12.6. The largest absolute Gasteiger partial charge is 0.416 e. The van der Waals surface area contributed by atoms with Crippen LogP contribution in [0.4, 0.5) is 19.0 Å². The summed E-state index contributed by atoms with van der Waals surface area (Å²) in [5.41, 5.74) is 7.90. The Morgan fingerprint density at radius 2 is 2.00 bits per heavy atom. The van der Waals surface area contributed by atoms with Crippen LogP contribution in [0.3, 0.4) is 0 Å². The zero-order chi connectivity index (χ0) is 21.9. The lowest BCUT2D eigenvalue weighted by molar-refractivity contribution is -0.873. The van der Waals surface area contributed by atoms with Crippen molar-refractivity contribution in [2.24, 2.45) is 5.10 Å². The number of halogens is 3. The van der Waals surface area contributed by atoms with Gasteiger partial charge in [-0.3, -0.25) is 4.79 Å². The molecule has 3 rings (SSSR count). The number of nitrogens with zero attached hydrogens (tertiary/aromatic N) is 6. The van der Waals surface area contributed by atoms with E-state index in [0.717, 1.165) is 17.0 Å². The van der Waals surface area contributed by atoms with Crippen molar-refractivity contribution in [3.8, 4) is 5.82 Å². The van der Waals surface area contributed by atoms with E-state index >= 15 is 0 Å². The normalized spacial score (nSPS) is 12.1. The summed E-state index contributed by atoms with van der Waals surface area (Å²) >= 11 is 0. The molecule has 1 aromatic carbocycles. The number of nitrogens with two attached hydrogens (primary N) is 1. The minimum absolute atomic E-state index is 0.0248. The van der Waals surface area contributed by atoms with Crippen molar-refractivity contribution in [3.05, 3.63) is 46.8 Å².